The van der Waals surface area contributed by atoms with Crippen LogP contribution in [0.15, 0.2) is 78.0 Å². The molecule has 0 atom stereocenters. The summed E-state index contributed by atoms with van der Waals surface area (Å²) in [4.78, 5) is 16.7. The average Bonchev–Trinajstić information content (AvgIpc) is 2.77. The van der Waals surface area contributed by atoms with Gasteiger partial charge in [0.15, 0.2) is 0 Å². The molecule has 156 valence electrons. The molecule has 8 heteroatoms. The first-order valence-corrected chi connectivity index (χ1v) is 10.7. The highest BCUT2D eigenvalue weighted by molar-refractivity contribution is 7.92. The van der Waals surface area contributed by atoms with Crippen LogP contribution in [0.2, 0.25) is 0 Å². The highest BCUT2D eigenvalue weighted by Crippen LogP contribution is 2.27. The van der Waals surface area contributed by atoms with E-state index < -0.39 is 15.9 Å². The van der Waals surface area contributed by atoms with Gasteiger partial charge in [-0.3, -0.25) is 14.1 Å². The van der Waals surface area contributed by atoms with E-state index in [0.29, 0.717) is 17.0 Å². The third-order valence-corrected chi connectivity index (χ3v) is 6.27. The Balaban J connectivity index is 1.87. The van der Waals surface area contributed by atoms with Crippen LogP contribution in [0.5, 0.6) is 5.75 Å². The molecule has 2 aromatic carbocycles. The molecule has 30 heavy (non-hydrogen) atoms. The van der Waals surface area contributed by atoms with E-state index in [2.05, 4.69) is 10.3 Å². The number of pyridine rings is 1. The minimum atomic E-state index is -3.98. The van der Waals surface area contributed by atoms with Crippen molar-refractivity contribution in [3.8, 4) is 5.75 Å². The van der Waals surface area contributed by atoms with Gasteiger partial charge in [0.1, 0.15) is 12.3 Å². The second kappa shape index (κ2) is 9.41. The molecule has 0 aliphatic rings. The summed E-state index contributed by atoms with van der Waals surface area (Å²) in [7, 11) is -2.45. The maximum absolute atomic E-state index is 13.4. The molecule has 1 aromatic heterocycles. The molecule has 0 spiro atoms. The van der Waals surface area contributed by atoms with Gasteiger partial charge in [-0.2, -0.15) is 0 Å². The third kappa shape index (κ3) is 4.96. The zero-order chi connectivity index (χ0) is 21.6. The summed E-state index contributed by atoms with van der Waals surface area (Å²) in [5.41, 5.74) is 1.92. The van der Waals surface area contributed by atoms with Crippen molar-refractivity contribution >= 4 is 21.6 Å². The van der Waals surface area contributed by atoms with Crippen LogP contribution >= 0.6 is 0 Å². The number of nitrogens with zero attached hydrogens (tertiary/aromatic N) is 2. The lowest BCUT2D eigenvalue weighted by Gasteiger charge is -2.24. The number of hydrogen-bond donors (Lipinski definition) is 1. The predicted octanol–water partition coefficient (Wildman–Crippen LogP) is 2.91. The Kier molecular flexibility index (Phi) is 6.68. The van der Waals surface area contributed by atoms with Crippen molar-refractivity contribution in [3.05, 3.63) is 84.2 Å². The Hall–Kier alpha value is -3.39. The Morgan fingerprint density at radius 2 is 1.87 bits per heavy atom. The number of aromatic nitrogens is 1. The number of rotatable bonds is 8. The molecular formula is C22H23N3O4S. The van der Waals surface area contributed by atoms with E-state index in [-0.39, 0.29) is 18.0 Å². The van der Waals surface area contributed by atoms with Crippen LogP contribution in [0.4, 0.5) is 5.69 Å². The first-order chi connectivity index (χ1) is 14.4. The number of hydrogen-bond acceptors (Lipinski definition) is 5. The maximum atomic E-state index is 13.4. The van der Waals surface area contributed by atoms with Crippen molar-refractivity contribution in [2.24, 2.45) is 0 Å². The molecule has 0 aliphatic carbocycles. The van der Waals surface area contributed by atoms with Crippen LogP contribution in [0.1, 0.15) is 11.1 Å². The van der Waals surface area contributed by atoms with Gasteiger partial charge in [-0.15, -0.1) is 0 Å². The molecule has 3 aromatic rings. The van der Waals surface area contributed by atoms with Crippen LogP contribution in [0, 0.1) is 6.92 Å². The van der Waals surface area contributed by atoms with Crippen LogP contribution < -0.4 is 14.4 Å². The molecule has 3 rings (SSSR count). The Morgan fingerprint density at radius 1 is 1.10 bits per heavy atom. The number of benzene rings is 2. The lowest BCUT2D eigenvalue weighted by molar-refractivity contribution is -0.119. The topological polar surface area (TPSA) is 88.6 Å². The number of aryl methyl sites for hydroxylation is 1. The lowest BCUT2D eigenvalue weighted by atomic mass is 10.2. The SMILES string of the molecule is COc1ccc(S(=O)(=O)N(CC(=O)NCc2cccnc2)c2ccccc2)cc1C. The van der Waals surface area contributed by atoms with Crippen molar-refractivity contribution < 1.29 is 17.9 Å². The molecule has 0 unspecified atom stereocenters. The maximum Gasteiger partial charge on any atom is 0.264 e. The second-order valence-corrected chi connectivity index (χ2v) is 8.48. The van der Waals surface area contributed by atoms with Gasteiger partial charge in [-0.05, 0) is 54.4 Å². The number of para-hydroxylation sites is 1. The van der Waals surface area contributed by atoms with E-state index in [9.17, 15) is 13.2 Å². The number of nitrogens with one attached hydrogen (secondary N) is 1. The smallest absolute Gasteiger partial charge is 0.264 e. The molecule has 0 radical (unpaired) electrons. The first-order valence-electron chi connectivity index (χ1n) is 9.30. The van der Waals surface area contributed by atoms with Gasteiger partial charge in [0.2, 0.25) is 5.91 Å². The number of carbonyl (C=O) groups is 1. The van der Waals surface area contributed by atoms with E-state index >= 15 is 0 Å². The van der Waals surface area contributed by atoms with Gasteiger partial charge in [-0.25, -0.2) is 8.42 Å². The molecule has 1 amide bonds. The lowest BCUT2D eigenvalue weighted by Crippen LogP contribution is -2.40. The fourth-order valence-corrected chi connectivity index (χ4v) is 4.44. The number of anilines is 1. The van der Waals surface area contributed by atoms with Gasteiger partial charge in [0.25, 0.3) is 10.0 Å². The quantitative estimate of drug-likeness (QED) is 0.600. The number of amides is 1. The first kappa shape index (κ1) is 21.3. The molecule has 0 aliphatic heterocycles. The molecular weight excluding hydrogens is 402 g/mol. The van der Waals surface area contributed by atoms with E-state index in [1.807, 2.05) is 6.07 Å². The van der Waals surface area contributed by atoms with Crippen LogP contribution in [0.25, 0.3) is 0 Å². The Labute approximate surface area is 176 Å². The van der Waals surface area contributed by atoms with Crippen LogP contribution in [-0.4, -0.2) is 33.0 Å². The monoisotopic (exact) mass is 425 g/mol. The minimum absolute atomic E-state index is 0.0877. The number of carbonyl (C=O) groups excluding carboxylic acids is 1. The van der Waals surface area contributed by atoms with E-state index in [1.165, 1.54) is 19.2 Å². The highest BCUT2D eigenvalue weighted by atomic mass is 32.2. The van der Waals surface area contributed by atoms with Gasteiger partial charge in [0.05, 0.1) is 17.7 Å². The minimum Gasteiger partial charge on any atom is -0.496 e. The Morgan fingerprint density at radius 3 is 2.50 bits per heavy atom. The summed E-state index contributed by atoms with van der Waals surface area (Å²) >= 11 is 0. The fourth-order valence-electron chi connectivity index (χ4n) is 2.94. The Bertz CT molecular complexity index is 1100. The summed E-state index contributed by atoms with van der Waals surface area (Å²) in [6.45, 7) is 1.68. The average molecular weight is 426 g/mol. The number of methoxy groups -OCH3 is 1. The molecule has 1 heterocycles. The highest BCUT2D eigenvalue weighted by Gasteiger charge is 2.27. The zero-order valence-electron chi connectivity index (χ0n) is 16.8. The van der Waals surface area contributed by atoms with Crippen molar-refractivity contribution in [3.63, 3.8) is 0 Å². The molecule has 0 fully saturated rings. The van der Waals surface area contributed by atoms with Crippen molar-refractivity contribution in [2.45, 2.75) is 18.4 Å². The van der Waals surface area contributed by atoms with E-state index in [1.54, 1.807) is 61.8 Å². The number of sulfonamides is 1. The summed E-state index contributed by atoms with van der Waals surface area (Å²) in [5.74, 6) is 0.172. The normalized spacial score (nSPS) is 11.0. The van der Waals surface area contributed by atoms with Crippen LogP contribution in [-0.2, 0) is 21.4 Å². The molecule has 0 saturated carbocycles. The molecule has 0 saturated heterocycles. The van der Waals surface area contributed by atoms with Gasteiger partial charge in [0, 0.05) is 18.9 Å². The predicted molar refractivity (Wildman–Crippen MR) is 115 cm³/mol. The van der Waals surface area contributed by atoms with Crippen molar-refractivity contribution in [1.29, 1.82) is 0 Å². The van der Waals surface area contributed by atoms with Gasteiger partial charge in [-0.1, -0.05) is 24.3 Å². The zero-order valence-corrected chi connectivity index (χ0v) is 17.6. The standard InChI is InChI=1S/C22H23N3O4S/c1-17-13-20(10-11-21(17)29-2)30(27,28)25(19-8-4-3-5-9-19)16-22(26)24-15-18-7-6-12-23-14-18/h3-14H,15-16H2,1-2H3,(H,24,26). The van der Waals surface area contributed by atoms with Gasteiger partial charge >= 0.3 is 0 Å². The number of ether oxygens (including phenoxy) is 1. The third-order valence-electron chi connectivity index (χ3n) is 4.50. The van der Waals surface area contributed by atoms with E-state index in [0.717, 1.165) is 9.87 Å². The van der Waals surface area contributed by atoms with Crippen molar-refractivity contribution in [1.82, 2.24) is 10.3 Å². The molecule has 0 bridgehead atoms. The van der Waals surface area contributed by atoms with Crippen LogP contribution in [0.3, 0.4) is 0 Å². The summed E-state index contributed by atoms with van der Waals surface area (Å²) in [6.07, 6.45) is 3.29. The summed E-state index contributed by atoms with van der Waals surface area (Å²) < 4.78 is 33.1. The summed E-state index contributed by atoms with van der Waals surface area (Å²) in [5, 5.41) is 2.75. The largest absolute Gasteiger partial charge is 0.496 e. The summed E-state index contributed by atoms with van der Waals surface area (Å²) in [6, 6.07) is 16.8. The second-order valence-electron chi connectivity index (χ2n) is 6.62. The molecule has 1 N–H and O–H groups in total. The van der Waals surface area contributed by atoms with Gasteiger partial charge < -0.3 is 10.1 Å². The molecule has 7 nitrogen and oxygen atoms in total. The van der Waals surface area contributed by atoms with Crippen molar-refractivity contribution in [2.75, 3.05) is 18.0 Å². The van der Waals surface area contributed by atoms with E-state index in [4.69, 9.17) is 4.74 Å². The fraction of sp³-hybridized carbons (Fsp3) is 0.182.